The summed E-state index contributed by atoms with van der Waals surface area (Å²) in [4.78, 5) is 0. The van der Waals surface area contributed by atoms with Gasteiger partial charge in [-0.15, -0.1) is 0 Å². The largest absolute Gasteiger partial charge is 0.494 e. The van der Waals surface area contributed by atoms with Crippen LogP contribution in [0.2, 0.25) is 0 Å². The van der Waals surface area contributed by atoms with Gasteiger partial charge < -0.3 is 10.5 Å². The first-order chi connectivity index (χ1) is 9.84. The fraction of sp³-hybridized carbons (Fsp3) is 0.333. The van der Waals surface area contributed by atoms with Crippen LogP contribution >= 0.6 is 0 Å². The second kappa shape index (κ2) is 5.86. The Bertz CT molecular complexity index is 631. The van der Waals surface area contributed by atoms with Crippen LogP contribution in [0, 0.1) is 5.82 Å². The zero-order valence-corrected chi connectivity index (χ0v) is 13.0. The topological polar surface area (TPSA) is 35.2 Å². The number of nitrogens with two attached hydrogens (primary N) is 1. The lowest BCUT2D eigenvalue weighted by Gasteiger charge is -2.26. The lowest BCUT2D eigenvalue weighted by molar-refractivity contribution is 0.386. The molecule has 1 atom stereocenters. The molecule has 2 rings (SSSR count). The van der Waals surface area contributed by atoms with Crippen LogP contribution in [0.25, 0.3) is 0 Å². The summed E-state index contributed by atoms with van der Waals surface area (Å²) in [6.45, 7) is 6.44. The van der Waals surface area contributed by atoms with Gasteiger partial charge in [-0.3, -0.25) is 0 Å². The van der Waals surface area contributed by atoms with E-state index >= 15 is 0 Å². The third kappa shape index (κ3) is 3.24. The third-order valence-electron chi connectivity index (χ3n) is 3.64. The molecule has 0 fully saturated rings. The maximum atomic E-state index is 13.9. The predicted molar refractivity (Wildman–Crippen MR) is 84.1 cm³/mol. The number of hydrogen-bond acceptors (Lipinski definition) is 2. The minimum atomic E-state index is -0.390. The molecule has 0 aromatic heterocycles. The van der Waals surface area contributed by atoms with E-state index in [2.05, 4.69) is 26.8 Å². The number of hydrogen-bond donors (Lipinski definition) is 1. The van der Waals surface area contributed by atoms with Crippen molar-refractivity contribution in [3.8, 4) is 5.75 Å². The Kier molecular flexibility index (Phi) is 4.33. The smallest absolute Gasteiger partial charge is 0.165 e. The average Bonchev–Trinajstić information content (AvgIpc) is 2.45. The highest BCUT2D eigenvalue weighted by Crippen LogP contribution is 2.32. The number of halogens is 1. The molecule has 1 unspecified atom stereocenters. The van der Waals surface area contributed by atoms with Crippen molar-refractivity contribution >= 4 is 0 Å². The molecule has 112 valence electrons. The van der Waals surface area contributed by atoms with E-state index in [0.717, 1.165) is 11.1 Å². The first-order valence-electron chi connectivity index (χ1n) is 7.03. The van der Waals surface area contributed by atoms with Crippen LogP contribution in [0.4, 0.5) is 4.39 Å². The van der Waals surface area contributed by atoms with Gasteiger partial charge in [0.1, 0.15) is 0 Å². The van der Waals surface area contributed by atoms with Crippen molar-refractivity contribution in [3.63, 3.8) is 0 Å². The van der Waals surface area contributed by atoms with Gasteiger partial charge >= 0.3 is 0 Å². The van der Waals surface area contributed by atoms with Crippen molar-refractivity contribution in [2.75, 3.05) is 7.11 Å². The van der Waals surface area contributed by atoms with Gasteiger partial charge in [-0.05, 0) is 34.2 Å². The minimum Gasteiger partial charge on any atom is -0.494 e. The molecule has 0 bridgehead atoms. The van der Waals surface area contributed by atoms with Gasteiger partial charge in [0.05, 0.1) is 13.2 Å². The van der Waals surface area contributed by atoms with Crippen LogP contribution in [-0.2, 0) is 5.41 Å². The lowest BCUT2D eigenvalue weighted by atomic mass is 9.81. The van der Waals surface area contributed by atoms with E-state index < -0.39 is 5.82 Å². The van der Waals surface area contributed by atoms with Crippen LogP contribution in [-0.4, -0.2) is 7.11 Å². The maximum absolute atomic E-state index is 13.9. The highest BCUT2D eigenvalue weighted by atomic mass is 19.1. The van der Waals surface area contributed by atoms with Gasteiger partial charge in [0.2, 0.25) is 0 Å². The molecule has 0 saturated heterocycles. The summed E-state index contributed by atoms with van der Waals surface area (Å²) in [7, 11) is 1.45. The van der Waals surface area contributed by atoms with E-state index in [1.165, 1.54) is 18.7 Å². The molecular formula is C18H22FNO. The van der Waals surface area contributed by atoms with Gasteiger partial charge in [-0.1, -0.05) is 51.1 Å². The summed E-state index contributed by atoms with van der Waals surface area (Å²) in [5.74, 6) is -0.159. The Morgan fingerprint density at radius 2 is 1.76 bits per heavy atom. The minimum absolute atomic E-state index is 0.0147. The number of rotatable bonds is 3. The van der Waals surface area contributed by atoms with Gasteiger partial charge in [0.15, 0.2) is 11.6 Å². The van der Waals surface area contributed by atoms with Gasteiger partial charge in [0.25, 0.3) is 0 Å². The number of ether oxygens (including phenoxy) is 1. The van der Waals surface area contributed by atoms with Crippen LogP contribution in [0.5, 0.6) is 5.75 Å². The molecule has 0 aliphatic rings. The molecule has 2 N–H and O–H groups in total. The first kappa shape index (κ1) is 15.5. The van der Waals surface area contributed by atoms with Crippen molar-refractivity contribution in [1.82, 2.24) is 0 Å². The summed E-state index contributed by atoms with van der Waals surface area (Å²) in [5.41, 5.74) is 9.29. The molecule has 0 radical (unpaired) electrons. The Morgan fingerprint density at radius 1 is 1.10 bits per heavy atom. The number of benzene rings is 2. The highest BCUT2D eigenvalue weighted by Gasteiger charge is 2.22. The van der Waals surface area contributed by atoms with Crippen molar-refractivity contribution in [3.05, 3.63) is 65.0 Å². The molecule has 2 aromatic carbocycles. The Balaban J connectivity index is 2.45. The lowest BCUT2D eigenvalue weighted by Crippen LogP contribution is -2.20. The summed E-state index contributed by atoms with van der Waals surface area (Å²) < 4.78 is 18.8. The van der Waals surface area contributed by atoms with Crippen molar-refractivity contribution in [2.24, 2.45) is 5.73 Å². The molecule has 0 amide bonds. The second-order valence-electron chi connectivity index (χ2n) is 6.21. The van der Waals surface area contributed by atoms with E-state index in [0.29, 0.717) is 0 Å². The fourth-order valence-corrected chi connectivity index (χ4v) is 2.51. The van der Waals surface area contributed by atoms with Crippen LogP contribution in [0.1, 0.15) is 43.5 Å². The first-order valence-corrected chi connectivity index (χ1v) is 7.03. The van der Waals surface area contributed by atoms with Gasteiger partial charge in [-0.25, -0.2) is 4.39 Å². The Morgan fingerprint density at radius 3 is 2.33 bits per heavy atom. The summed E-state index contributed by atoms with van der Waals surface area (Å²) >= 11 is 0. The maximum Gasteiger partial charge on any atom is 0.165 e. The molecule has 0 saturated carbocycles. The second-order valence-corrected chi connectivity index (χ2v) is 6.21. The molecule has 0 aliphatic carbocycles. The van der Waals surface area contributed by atoms with E-state index in [4.69, 9.17) is 10.5 Å². The van der Waals surface area contributed by atoms with Crippen LogP contribution in [0.15, 0.2) is 42.5 Å². The molecule has 0 heterocycles. The molecule has 2 aromatic rings. The SMILES string of the molecule is COc1ccc(C(N)c2ccccc2C(C)(C)C)cc1F. The molecule has 21 heavy (non-hydrogen) atoms. The number of methoxy groups -OCH3 is 1. The van der Waals surface area contributed by atoms with Crippen molar-refractivity contribution in [1.29, 1.82) is 0 Å². The standard InChI is InChI=1S/C18H22FNO/c1-18(2,3)14-8-6-5-7-13(14)17(20)12-9-10-16(21-4)15(19)11-12/h5-11,17H,20H2,1-4H3. The Hall–Kier alpha value is -1.87. The Labute approximate surface area is 125 Å². The zero-order chi connectivity index (χ0) is 15.6. The highest BCUT2D eigenvalue weighted by molar-refractivity contribution is 5.42. The molecular weight excluding hydrogens is 265 g/mol. The van der Waals surface area contributed by atoms with Gasteiger partial charge in [-0.2, -0.15) is 0 Å². The summed E-state index contributed by atoms with van der Waals surface area (Å²) in [5, 5.41) is 0. The quantitative estimate of drug-likeness (QED) is 0.919. The van der Waals surface area contributed by atoms with Gasteiger partial charge in [0, 0.05) is 0 Å². The fourth-order valence-electron chi connectivity index (χ4n) is 2.51. The molecule has 0 spiro atoms. The van der Waals surface area contributed by atoms with Crippen molar-refractivity contribution < 1.29 is 9.13 Å². The zero-order valence-electron chi connectivity index (χ0n) is 13.0. The van der Waals surface area contributed by atoms with E-state index in [1.54, 1.807) is 6.07 Å². The van der Waals surface area contributed by atoms with Crippen molar-refractivity contribution in [2.45, 2.75) is 32.2 Å². The molecule has 2 nitrogen and oxygen atoms in total. The summed E-state index contributed by atoms with van der Waals surface area (Å²) in [6.07, 6.45) is 0. The van der Waals surface area contributed by atoms with E-state index in [9.17, 15) is 4.39 Å². The average molecular weight is 287 g/mol. The van der Waals surface area contributed by atoms with E-state index in [1.807, 2.05) is 24.3 Å². The van der Waals surface area contributed by atoms with E-state index in [-0.39, 0.29) is 17.2 Å². The van der Waals surface area contributed by atoms with Crippen LogP contribution < -0.4 is 10.5 Å². The van der Waals surface area contributed by atoms with Crippen LogP contribution in [0.3, 0.4) is 0 Å². The molecule has 0 aliphatic heterocycles. The predicted octanol–water partition coefficient (Wildman–Crippen LogP) is 4.18. The third-order valence-corrected chi connectivity index (χ3v) is 3.64. The summed E-state index contributed by atoms with van der Waals surface area (Å²) in [6, 6.07) is 12.6. The normalized spacial score (nSPS) is 13.0. The monoisotopic (exact) mass is 287 g/mol. The molecule has 3 heteroatoms.